The normalized spacial score (nSPS) is 11.1. The second-order valence-corrected chi connectivity index (χ2v) is 5.56. The zero-order valence-corrected chi connectivity index (χ0v) is 14.1. The van der Waals surface area contributed by atoms with Gasteiger partial charge in [0.25, 0.3) is 5.91 Å². The molecule has 0 saturated heterocycles. The summed E-state index contributed by atoms with van der Waals surface area (Å²) in [7, 11) is 1.39. The quantitative estimate of drug-likeness (QED) is 0.711. The Bertz CT molecular complexity index is 930. The summed E-state index contributed by atoms with van der Waals surface area (Å²) in [6.45, 7) is 0. The Labute approximate surface area is 152 Å². The molecule has 1 aromatic carbocycles. The first-order valence-electron chi connectivity index (χ1n) is 7.80. The largest absolute Gasteiger partial charge is 0.416 e. The molecule has 9 heteroatoms. The number of alkyl halides is 3. The van der Waals surface area contributed by atoms with Crippen LogP contribution in [0, 0.1) is 0 Å². The molecule has 0 spiro atoms. The number of hydrazine groups is 1. The van der Waals surface area contributed by atoms with Gasteiger partial charge in [-0.25, -0.2) is 15.0 Å². The van der Waals surface area contributed by atoms with E-state index < -0.39 is 17.6 Å². The molecule has 6 nitrogen and oxygen atoms in total. The number of aromatic nitrogens is 3. The molecule has 0 unspecified atom stereocenters. The molecule has 0 fully saturated rings. The lowest BCUT2D eigenvalue weighted by Gasteiger charge is -2.20. The summed E-state index contributed by atoms with van der Waals surface area (Å²) < 4.78 is 38.4. The third-order valence-electron chi connectivity index (χ3n) is 3.63. The molecule has 0 aliphatic heterocycles. The fourth-order valence-corrected chi connectivity index (χ4v) is 2.23. The van der Waals surface area contributed by atoms with Crippen molar-refractivity contribution in [1.82, 2.24) is 20.4 Å². The van der Waals surface area contributed by atoms with Gasteiger partial charge in [-0.15, -0.1) is 0 Å². The zero-order valence-electron chi connectivity index (χ0n) is 14.1. The van der Waals surface area contributed by atoms with Gasteiger partial charge in [-0.2, -0.15) is 13.2 Å². The number of carbonyl (C=O) groups excluding carboxylic acids is 1. The van der Waals surface area contributed by atoms with Crippen molar-refractivity contribution in [2.75, 3.05) is 12.1 Å². The third kappa shape index (κ3) is 4.38. The number of nitrogens with one attached hydrogen (secondary N) is 1. The van der Waals surface area contributed by atoms with E-state index in [1.165, 1.54) is 19.4 Å². The molecule has 3 aromatic rings. The van der Waals surface area contributed by atoms with Crippen LogP contribution in [-0.4, -0.2) is 27.9 Å². The summed E-state index contributed by atoms with van der Waals surface area (Å²) >= 11 is 0. The summed E-state index contributed by atoms with van der Waals surface area (Å²) in [6.07, 6.45) is -0.779. The number of carbonyl (C=O) groups is 1. The van der Waals surface area contributed by atoms with Gasteiger partial charge in [-0.1, -0.05) is 30.3 Å². The van der Waals surface area contributed by atoms with Crippen molar-refractivity contribution in [3.8, 4) is 11.4 Å². The molecule has 1 amide bonds. The van der Waals surface area contributed by atoms with Crippen LogP contribution in [0.25, 0.3) is 11.4 Å². The number of rotatable bonds is 4. The number of hydrogen-bond acceptors (Lipinski definition) is 5. The van der Waals surface area contributed by atoms with Crippen molar-refractivity contribution in [3.63, 3.8) is 0 Å². The first-order valence-corrected chi connectivity index (χ1v) is 7.80. The Kier molecular flexibility index (Phi) is 5.02. The van der Waals surface area contributed by atoms with E-state index in [2.05, 4.69) is 20.4 Å². The van der Waals surface area contributed by atoms with E-state index >= 15 is 0 Å². The van der Waals surface area contributed by atoms with E-state index in [0.29, 0.717) is 5.82 Å². The molecule has 2 aromatic heterocycles. The van der Waals surface area contributed by atoms with Gasteiger partial charge in [0.15, 0.2) is 5.82 Å². The molecule has 0 saturated carbocycles. The summed E-state index contributed by atoms with van der Waals surface area (Å²) in [6, 6.07) is 10.9. The van der Waals surface area contributed by atoms with E-state index in [1.807, 2.05) is 30.3 Å². The molecular formula is C18H14F3N5O. The monoisotopic (exact) mass is 373 g/mol. The van der Waals surface area contributed by atoms with Gasteiger partial charge < -0.3 is 0 Å². The first-order chi connectivity index (χ1) is 12.8. The zero-order chi connectivity index (χ0) is 19.4. The van der Waals surface area contributed by atoms with E-state index in [-0.39, 0.29) is 11.4 Å². The average molecular weight is 373 g/mol. The number of halogens is 3. The van der Waals surface area contributed by atoms with Crippen molar-refractivity contribution < 1.29 is 18.0 Å². The van der Waals surface area contributed by atoms with Crippen LogP contribution >= 0.6 is 0 Å². The van der Waals surface area contributed by atoms with Crippen molar-refractivity contribution in [2.45, 2.75) is 6.18 Å². The molecule has 0 radical (unpaired) electrons. The van der Waals surface area contributed by atoms with Gasteiger partial charge in [0.2, 0.25) is 0 Å². The lowest BCUT2D eigenvalue weighted by Crippen LogP contribution is -2.40. The smallest absolute Gasteiger partial charge is 0.271 e. The molecule has 0 atom stereocenters. The topological polar surface area (TPSA) is 71.0 Å². The van der Waals surface area contributed by atoms with Crippen molar-refractivity contribution in [2.24, 2.45) is 0 Å². The minimum atomic E-state index is -4.50. The Morgan fingerprint density at radius 3 is 2.33 bits per heavy atom. The molecular weight excluding hydrogens is 359 g/mol. The van der Waals surface area contributed by atoms with Crippen molar-refractivity contribution in [3.05, 3.63) is 72.2 Å². The predicted octanol–water partition coefficient (Wildman–Crippen LogP) is 3.34. The standard InChI is InChI=1S/C18H14F3N5O/c1-26(15-9-14(7-8-22-15)18(19,20)21)25-17(27)13-10-23-16(24-11-13)12-5-3-2-4-6-12/h2-11H,1H3,(H,25,27). The van der Waals surface area contributed by atoms with Gasteiger partial charge in [0.05, 0.1) is 11.1 Å². The molecule has 2 heterocycles. The average Bonchev–Trinajstić information content (AvgIpc) is 2.68. The van der Waals surface area contributed by atoms with Crippen molar-refractivity contribution in [1.29, 1.82) is 0 Å². The summed E-state index contributed by atoms with van der Waals surface area (Å²) in [5, 5.41) is 1.10. The first kappa shape index (κ1) is 18.3. The number of benzene rings is 1. The lowest BCUT2D eigenvalue weighted by atomic mass is 10.2. The van der Waals surface area contributed by atoms with Gasteiger partial charge in [-0.3, -0.25) is 15.2 Å². The highest BCUT2D eigenvalue weighted by Gasteiger charge is 2.31. The Morgan fingerprint density at radius 2 is 1.70 bits per heavy atom. The highest BCUT2D eigenvalue weighted by Crippen LogP contribution is 2.30. The maximum absolute atomic E-state index is 12.8. The van der Waals surface area contributed by atoms with Gasteiger partial charge in [-0.05, 0) is 12.1 Å². The van der Waals surface area contributed by atoms with Crippen LogP contribution in [0.3, 0.4) is 0 Å². The summed E-state index contributed by atoms with van der Waals surface area (Å²) in [4.78, 5) is 24.4. The molecule has 0 aliphatic rings. The SMILES string of the molecule is CN(NC(=O)c1cnc(-c2ccccc2)nc1)c1cc(C(F)(F)F)ccn1. The Balaban J connectivity index is 1.72. The lowest BCUT2D eigenvalue weighted by molar-refractivity contribution is -0.137. The number of hydrogen-bond donors (Lipinski definition) is 1. The highest BCUT2D eigenvalue weighted by atomic mass is 19.4. The summed E-state index contributed by atoms with van der Waals surface area (Å²) in [5.74, 6) is -0.170. The van der Waals surface area contributed by atoms with Crippen LogP contribution in [0.4, 0.5) is 19.0 Å². The van der Waals surface area contributed by atoms with Crippen LogP contribution in [0.1, 0.15) is 15.9 Å². The summed E-state index contributed by atoms with van der Waals surface area (Å²) in [5.41, 5.74) is 2.54. The molecule has 27 heavy (non-hydrogen) atoms. The molecule has 3 rings (SSSR count). The van der Waals surface area contributed by atoms with Gasteiger partial charge in [0, 0.05) is 31.2 Å². The minimum Gasteiger partial charge on any atom is -0.271 e. The van der Waals surface area contributed by atoms with E-state index in [9.17, 15) is 18.0 Å². The van der Waals surface area contributed by atoms with Gasteiger partial charge in [0.1, 0.15) is 5.82 Å². The second-order valence-electron chi connectivity index (χ2n) is 5.56. The van der Waals surface area contributed by atoms with Crippen LogP contribution < -0.4 is 10.4 Å². The maximum atomic E-state index is 12.8. The minimum absolute atomic E-state index is 0.0556. The fourth-order valence-electron chi connectivity index (χ4n) is 2.23. The second kappa shape index (κ2) is 7.40. The Hall–Kier alpha value is -3.49. The van der Waals surface area contributed by atoms with Crippen LogP contribution in [0.5, 0.6) is 0 Å². The number of pyridine rings is 1. The third-order valence-corrected chi connectivity index (χ3v) is 3.63. The van der Waals surface area contributed by atoms with E-state index in [0.717, 1.165) is 28.9 Å². The number of anilines is 1. The van der Waals surface area contributed by atoms with Crippen LogP contribution in [-0.2, 0) is 6.18 Å². The molecule has 0 bridgehead atoms. The van der Waals surface area contributed by atoms with E-state index in [4.69, 9.17) is 0 Å². The van der Waals surface area contributed by atoms with Crippen LogP contribution in [0.2, 0.25) is 0 Å². The molecule has 0 aliphatic carbocycles. The number of nitrogens with zero attached hydrogens (tertiary/aromatic N) is 4. The van der Waals surface area contributed by atoms with Gasteiger partial charge >= 0.3 is 6.18 Å². The van der Waals surface area contributed by atoms with Crippen LogP contribution in [0.15, 0.2) is 61.1 Å². The van der Waals surface area contributed by atoms with E-state index in [1.54, 1.807) is 0 Å². The number of amides is 1. The maximum Gasteiger partial charge on any atom is 0.416 e. The molecule has 1 N–H and O–H groups in total. The Morgan fingerprint density at radius 1 is 1.04 bits per heavy atom. The fraction of sp³-hybridized carbons (Fsp3) is 0.111. The van der Waals surface area contributed by atoms with Crippen molar-refractivity contribution >= 4 is 11.7 Å². The highest BCUT2D eigenvalue weighted by molar-refractivity contribution is 5.94. The predicted molar refractivity (Wildman–Crippen MR) is 92.6 cm³/mol. The molecule has 138 valence electrons.